The van der Waals surface area contributed by atoms with Crippen molar-refractivity contribution in [1.29, 1.82) is 0 Å². The molecule has 0 saturated heterocycles. The Bertz CT molecular complexity index is 879. The molecule has 6 nitrogen and oxygen atoms in total. The predicted octanol–water partition coefficient (Wildman–Crippen LogP) is 2.55. The maximum absolute atomic E-state index is 13.2. The zero-order chi connectivity index (χ0) is 16.1. The lowest BCUT2D eigenvalue weighted by molar-refractivity contribution is -0.143. The summed E-state index contributed by atoms with van der Waals surface area (Å²) in [5.41, 5.74) is -1.06. The summed E-state index contributed by atoms with van der Waals surface area (Å²) < 4.78 is 41.8. The summed E-state index contributed by atoms with van der Waals surface area (Å²) >= 11 is 0. The lowest BCUT2D eigenvalue weighted by Gasteiger charge is -2.11. The number of carbonyl (C=O) groups is 1. The van der Waals surface area contributed by atoms with E-state index in [4.69, 9.17) is 5.11 Å². The van der Waals surface area contributed by atoms with Crippen LogP contribution in [0.4, 0.5) is 13.2 Å². The monoisotopic (exact) mass is 310 g/mol. The number of hydrogen-bond acceptors (Lipinski definition) is 3. The molecule has 0 atom stereocenters. The minimum atomic E-state index is -4.87. The second-order valence-electron chi connectivity index (χ2n) is 4.68. The molecule has 9 heteroatoms. The van der Waals surface area contributed by atoms with E-state index in [-0.39, 0.29) is 5.82 Å². The first-order valence-corrected chi connectivity index (χ1v) is 6.11. The van der Waals surface area contributed by atoms with E-state index in [2.05, 4.69) is 10.1 Å². The Hall–Kier alpha value is -2.84. The van der Waals surface area contributed by atoms with Crippen molar-refractivity contribution in [2.75, 3.05) is 0 Å². The van der Waals surface area contributed by atoms with Gasteiger partial charge in [-0.2, -0.15) is 18.3 Å². The van der Waals surface area contributed by atoms with Gasteiger partial charge in [0.1, 0.15) is 5.56 Å². The van der Waals surface area contributed by atoms with Crippen LogP contribution in [0.2, 0.25) is 0 Å². The molecule has 3 aromatic heterocycles. The molecule has 0 unspecified atom stereocenters. The molecule has 114 valence electrons. The Morgan fingerprint density at radius 3 is 2.73 bits per heavy atom. The molecule has 1 N–H and O–H groups in total. The van der Waals surface area contributed by atoms with Crippen LogP contribution in [-0.4, -0.2) is 30.2 Å². The molecule has 0 aliphatic carbocycles. The van der Waals surface area contributed by atoms with Crippen LogP contribution in [0, 0.1) is 6.92 Å². The average molecular weight is 310 g/mol. The van der Waals surface area contributed by atoms with E-state index >= 15 is 0 Å². The third-order valence-corrected chi connectivity index (χ3v) is 3.11. The number of fused-ring (bicyclic) bond motifs is 1. The topological polar surface area (TPSA) is 72.4 Å². The molecule has 0 amide bonds. The first-order valence-electron chi connectivity index (χ1n) is 6.11. The minimum Gasteiger partial charge on any atom is -0.478 e. The maximum Gasteiger partial charge on any atom is 0.434 e. The van der Waals surface area contributed by atoms with Crippen LogP contribution in [0.1, 0.15) is 21.6 Å². The fraction of sp³-hybridized carbons (Fsp3) is 0.154. The van der Waals surface area contributed by atoms with E-state index in [1.165, 1.54) is 6.20 Å². The Morgan fingerprint density at radius 2 is 2.09 bits per heavy atom. The number of aromatic nitrogens is 4. The highest BCUT2D eigenvalue weighted by Gasteiger charge is 2.41. The third-order valence-electron chi connectivity index (χ3n) is 3.11. The van der Waals surface area contributed by atoms with Crippen molar-refractivity contribution in [3.63, 3.8) is 0 Å². The summed E-state index contributed by atoms with van der Waals surface area (Å²) in [4.78, 5) is 14.9. The van der Waals surface area contributed by atoms with Gasteiger partial charge in [0.05, 0.1) is 11.7 Å². The average Bonchev–Trinajstić information content (AvgIpc) is 2.99. The fourth-order valence-corrected chi connectivity index (χ4v) is 2.26. The van der Waals surface area contributed by atoms with Crippen molar-refractivity contribution in [2.45, 2.75) is 13.1 Å². The van der Waals surface area contributed by atoms with Crippen LogP contribution in [0.25, 0.3) is 11.3 Å². The van der Waals surface area contributed by atoms with Crippen molar-refractivity contribution in [1.82, 2.24) is 19.2 Å². The Kier molecular flexibility index (Phi) is 2.94. The van der Waals surface area contributed by atoms with Gasteiger partial charge in [-0.15, -0.1) is 0 Å². The van der Waals surface area contributed by atoms with Crippen LogP contribution in [0.5, 0.6) is 0 Å². The minimum absolute atomic E-state index is 0.0876. The van der Waals surface area contributed by atoms with Gasteiger partial charge in [0.25, 0.3) is 0 Å². The molecule has 0 aromatic carbocycles. The number of rotatable bonds is 2. The second kappa shape index (κ2) is 4.58. The van der Waals surface area contributed by atoms with Gasteiger partial charge in [0.15, 0.2) is 11.5 Å². The SMILES string of the molecule is Cc1cc2c(-n3ncc(C(=O)O)c3C(F)(F)F)nccn2c1. The molecule has 3 heterocycles. The molecule has 0 bridgehead atoms. The van der Waals surface area contributed by atoms with Crippen LogP contribution in [0.3, 0.4) is 0 Å². The molecule has 0 aliphatic heterocycles. The van der Waals surface area contributed by atoms with E-state index < -0.39 is 23.4 Å². The highest BCUT2D eigenvalue weighted by atomic mass is 19.4. The van der Waals surface area contributed by atoms with E-state index in [1.54, 1.807) is 29.8 Å². The molecule has 0 aliphatic rings. The summed E-state index contributed by atoms with van der Waals surface area (Å²) in [5, 5.41) is 12.5. The summed E-state index contributed by atoms with van der Waals surface area (Å²) in [7, 11) is 0. The zero-order valence-electron chi connectivity index (χ0n) is 11.2. The van der Waals surface area contributed by atoms with E-state index in [0.717, 1.165) is 5.56 Å². The van der Waals surface area contributed by atoms with Crippen LogP contribution in [-0.2, 0) is 6.18 Å². The number of carboxylic acid groups (broad SMARTS) is 1. The second-order valence-corrected chi connectivity index (χ2v) is 4.68. The molecule has 3 aromatic rings. The predicted molar refractivity (Wildman–Crippen MR) is 69.0 cm³/mol. The number of hydrogen-bond donors (Lipinski definition) is 1. The van der Waals surface area contributed by atoms with E-state index in [0.29, 0.717) is 16.4 Å². The quantitative estimate of drug-likeness (QED) is 0.789. The third kappa shape index (κ3) is 2.10. The van der Waals surface area contributed by atoms with Gasteiger partial charge in [0, 0.05) is 18.6 Å². The number of aryl methyl sites for hydroxylation is 1. The summed E-state index contributed by atoms with van der Waals surface area (Å²) in [6.45, 7) is 1.78. The van der Waals surface area contributed by atoms with Crippen LogP contribution < -0.4 is 0 Å². The Labute approximate surface area is 121 Å². The van der Waals surface area contributed by atoms with E-state index in [9.17, 15) is 18.0 Å². The molecule has 0 saturated carbocycles. The van der Waals surface area contributed by atoms with Crippen LogP contribution >= 0.6 is 0 Å². The smallest absolute Gasteiger partial charge is 0.434 e. The number of halogens is 3. The van der Waals surface area contributed by atoms with Crippen molar-refractivity contribution < 1.29 is 23.1 Å². The van der Waals surface area contributed by atoms with Gasteiger partial charge < -0.3 is 9.51 Å². The number of aromatic carboxylic acids is 1. The molecule has 22 heavy (non-hydrogen) atoms. The maximum atomic E-state index is 13.2. The molecular weight excluding hydrogens is 301 g/mol. The summed E-state index contributed by atoms with van der Waals surface area (Å²) in [6.07, 6.45) is 0.423. The van der Waals surface area contributed by atoms with Crippen LogP contribution in [0.15, 0.2) is 30.9 Å². The van der Waals surface area contributed by atoms with Crippen molar-refractivity contribution in [2.24, 2.45) is 0 Å². The lowest BCUT2D eigenvalue weighted by atomic mass is 10.2. The van der Waals surface area contributed by atoms with Gasteiger partial charge >= 0.3 is 12.1 Å². The number of alkyl halides is 3. The van der Waals surface area contributed by atoms with E-state index in [1.807, 2.05) is 0 Å². The van der Waals surface area contributed by atoms with Gasteiger partial charge in [0.2, 0.25) is 0 Å². The highest BCUT2D eigenvalue weighted by Crippen LogP contribution is 2.34. The van der Waals surface area contributed by atoms with Crippen molar-refractivity contribution >= 4 is 11.5 Å². The molecule has 0 radical (unpaired) electrons. The van der Waals surface area contributed by atoms with Gasteiger partial charge in [-0.25, -0.2) is 14.5 Å². The zero-order valence-corrected chi connectivity index (χ0v) is 11.2. The Balaban J connectivity index is 2.34. The van der Waals surface area contributed by atoms with Crippen molar-refractivity contribution in [3.8, 4) is 5.82 Å². The largest absolute Gasteiger partial charge is 0.478 e. The van der Waals surface area contributed by atoms with Gasteiger partial charge in [-0.05, 0) is 18.6 Å². The number of carboxylic acids is 1. The Morgan fingerprint density at radius 1 is 1.36 bits per heavy atom. The first kappa shape index (κ1) is 14.1. The van der Waals surface area contributed by atoms with Gasteiger partial charge in [-0.1, -0.05) is 0 Å². The molecule has 0 spiro atoms. The standard InChI is InChI=1S/C13H9F3N4O2/c1-7-4-9-11(17-2-3-19(9)6-7)20-10(13(14,15)16)8(5-18-20)12(21)22/h2-6H,1H3,(H,21,22). The summed E-state index contributed by atoms with van der Waals surface area (Å²) in [6, 6.07) is 1.64. The molecular formula is C13H9F3N4O2. The van der Waals surface area contributed by atoms with Gasteiger partial charge in [-0.3, -0.25) is 0 Å². The van der Waals surface area contributed by atoms with Crippen molar-refractivity contribution in [3.05, 3.63) is 47.7 Å². The number of nitrogens with zero attached hydrogens (tertiary/aromatic N) is 4. The fourth-order valence-electron chi connectivity index (χ4n) is 2.26. The lowest BCUT2D eigenvalue weighted by Crippen LogP contribution is -2.18. The molecule has 3 rings (SSSR count). The molecule has 0 fully saturated rings. The first-order chi connectivity index (χ1) is 10.3. The highest BCUT2D eigenvalue weighted by molar-refractivity contribution is 5.89. The normalized spacial score (nSPS) is 12.0. The summed E-state index contributed by atoms with van der Waals surface area (Å²) in [5.74, 6) is -1.78.